The lowest BCUT2D eigenvalue weighted by Gasteiger charge is -2.10. The first-order chi connectivity index (χ1) is 9.61. The zero-order valence-electron chi connectivity index (χ0n) is 10.9. The van der Waals surface area contributed by atoms with Crippen LogP contribution in [0.3, 0.4) is 0 Å². The third-order valence-electron chi connectivity index (χ3n) is 3.08. The maximum Gasteiger partial charge on any atom is 0.253 e. The Balaban J connectivity index is 2.02. The van der Waals surface area contributed by atoms with E-state index in [0.717, 1.165) is 15.4 Å². The number of aromatic nitrogens is 1. The number of fused-ring (bicyclic) bond motifs is 1. The third kappa shape index (κ3) is 3.59. The zero-order valence-corrected chi connectivity index (χ0v) is 12.5. The van der Waals surface area contributed by atoms with E-state index in [0.29, 0.717) is 18.4 Å². The van der Waals surface area contributed by atoms with Crippen LogP contribution in [0.5, 0.6) is 0 Å². The van der Waals surface area contributed by atoms with Crippen molar-refractivity contribution < 1.29 is 15.0 Å². The van der Waals surface area contributed by atoms with Crippen LogP contribution in [0, 0.1) is 0 Å². The van der Waals surface area contributed by atoms with Gasteiger partial charge in [0.15, 0.2) is 0 Å². The Morgan fingerprint density at radius 1 is 1.45 bits per heavy atom. The zero-order chi connectivity index (χ0) is 14.5. The van der Waals surface area contributed by atoms with Crippen molar-refractivity contribution in [1.29, 1.82) is 0 Å². The molecule has 2 rings (SSSR count). The molecule has 2 aromatic rings. The monoisotopic (exact) mass is 340 g/mol. The molecule has 0 fully saturated rings. The summed E-state index contributed by atoms with van der Waals surface area (Å²) < 4.78 is 0.904. The summed E-state index contributed by atoms with van der Waals surface area (Å²) in [5.41, 5.74) is 1.44. The Hall–Kier alpha value is -1.37. The number of halogens is 1. The van der Waals surface area contributed by atoms with Gasteiger partial charge < -0.3 is 20.5 Å². The molecule has 20 heavy (non-hydrogen) atoms. The van der Waals surface area contributed by atoms with E-state index in [4.69, 9.17) is 5.11 Å². The van der Waals surface area contributed by atoms with E-state index in [2.05, 4.69) is 26.2 Å². The molecule has 1 amide bonds. The van der Waals surface area contributed by atoms with Crippen molar-refractivity contribution in [2.24, 2.45) is 0 Å². The molecule has 0 aliphatic rings. The standard InChI is InChI=1S/C14H17BrN2O3/c15-9-3-4-13-11(6-9)12(8-16-13)14(20)17-7-10(19)2-1-5-18/h3-4,6,8,10,16,18-19H,1-2,5,7H2,(H,17,20). The Bertz CT molecular complexity index is 597. The fraction of sp³-hybridized carbons (Fsp3) is 0.357. The minimum absolute atomic E-state index is 0.0431. The average Bonchev–Trinajstić information content (AvgIpc) is 2.85. The summed E-state index contributed by atoms with van der Waals surface area (Å²) in [5.74, 6) is -0.225. The van der Waals surface area contributed by atoms with Crippen LogP contribution in [0.4, 0.5) is 0 Å². The first kappa shape index (κ1) is 15.0. The van der Waals surface area contributed by atoms with Gasteiger partial charge in [0, 0.05) is 34.7 Å². The van der Waals surface area contributed by atoms with Gasteiger partial charge in [0.2, 0.25) is 0 Å². The number of hydrogen-bond donors (Lipinski definition) is 4. The second-order valence-corrected chi connectivity index (χ2v) is 5.54. The van der Waals surface area contributed by atoms with Crippen molar-refractivity contribution in [1.82, 2.24) is 10.3 Å². The maximum atomic E-state index is 12.1. The number of aliphatic hydroxyl groups excluding tert-OH is 2. The number of rotatable bonds is 6. The molecule has 1 unspecified atom stereocenters. The molecule has 0 saturated heterocycles. The smallest absolute Gasteiger partial charge is 0.253 e. The molecule has 0 aliphatic heterocycles. The quantitative estimate of drug-likeness (QED) is 0.646. The number of benzene rings is 1. The molecule has 1 aromatic carbocycles. The first-order valence-electron chi connectivity index (χ1n) is 6.45. The normalized spacial score (nSPS) is 12.6. The second-order valence-electron chi connectivity index (χ2n) is 4.62. The van der Waals surface area contributed by atoms with Crippen molar-refractivity contribution in [3.05, 3.63) is 34.4 Å². The van der Waals surface area contributed by atoms with Crippen LogP contribution in [0.1, 0.15) is 23.2 Å². The van der Waals surface area contributed by atoms with Crippen molar-refractivity contribution in [3.8, 4) is 0 Å². The van der Waals surface area contributed by atoms with Crippen molar-refractivity contribution >= 4 is 32.7 Å². The van der Waals surface area contributed by atoms with Crippen LogP contribution in [-0.4, -0.2) is 40.4 Å². The lowest BCUT2D eigenvalue weighted by molar-refractivity contribution is 0.0906. The Morgan fingerprint density at radius 3 is 3.00 bits per heavy atom. The van der Waals surface area contributed by atoms with Gasteiger partial charge in [-0.1, -0.05) is 15.9 Å². The van der Waals surface area contributed by atoms with Gasteiger partial charge >= 0.3 is 0 Å². The summed E-state index contributed by atoms with van der Waals surface area (Å²) in [6.45, 7) is 0.223. The number of aromatic amines is 1. The molecule has 0 saturated carbocycles. The molecule has 0 bridgehead atoms. The highest BCUT2D eigenvalue weighted by Crippen LogP contribution is 2.22. The summed E-state index contributed by atoms with van der Waals surface area (Å²) >= 11 is 3.38. The van der Waals surface area contributed by atoms with Gasteiger partial charge in [-0.3, -0.25) is 4.79 Å². The van der Waals surface area contributed by atoms with Crippen molar-refractivity contribution in [3.63, 3.8) is 0 Å². The summed E-state index contributed by atoms with van der Waals surface area (Å²) in [5, 5.41) is 21.9. The van der Waals surface area contributed by atoms with Crippen LogP contribution in [0.15, 0.2) is 28.9 Å². The van der Waals surface area contributed by atoms with Gasteiger partial charge in [-0.05, 0) is 31.0 Å². The van der Waals surface area contributed by atoms with E-state index in [1.54, 1.807) is 6.20 Å². The summed E-state index contributed by atoms with van der Waals surface area (Å²) in [6, 6.07) is 5.67. The highest BCUT2D eigenvalue weighted by Gasteiger charge is 2.13. The second kappa shape index (κ2) is 6.88. The summed E-state index contributed by atoms with van der Waals surface area (Å²) in [6.07, 6.45) is 2.02. The highest BCUT2D eigenvalue weighted by atomic mass is 79.9. The van der Waals surface area contributed by atoms with Crippen LogP contribution in [0.25, 0.3) is 10.9 Å². The first-order valence-corrected chi connectivity index (χ1v) is 7.25. The van der Waals surface area contributed by atoms with Crippen LogP contribution >= 0.6 is 15.9 Å². The summed E-state index contributed by atoms with van der Waals surface area (Å²) in [7, 11) is 0. The average molecular weight is 341 g/mol. The molecule has 1 heterocycles. The number of hydrogen-bond acceptors (Lipinski definition) is 3. The van der Waals surface area contributed by atoms with Gasteiger partial charge in [-0.15, -0.1) is 0 Å². The SMILES string of the molecule is O=C(NCC(O)CCCO)c1c[nH]c2ccc(Br)cc12. The van der Waals surface area contributed by atoms with Crippen molar-refractivity contribution in [2.45, 2.75) is 18.9 Å². The topological polar surface area (TPSA) is 85.3 Å². The fourth-order valence-electron chi connectivity index (χ4n) is 2.02. The highest BCUT2D eigenvalue weighted by molar-refractivity contribution is 9.10. The maximum absolute atomic E-state index is 12.1. The predicted octanol–water partition coefficient (Wildman–Crippen LogP) is 1.79. The van der Waals surface area contributed by atoms with E-state index in [1.807, 2.05) is 18.2 Å². The van der Waals surface area contributed by atoms with Crippen LogP contribution < -0.4 is 5.32 Å². The van der Waals surface area contributed by atoms with Gasteiger partial charge in [0.05, 0.1) is 11.7 Å². The number of H-pyrrole nitrogens is 1. The molecular weight excluding hydrogens is 324 g/mol. The van der Waals surface area contributed by atoms with Crippen LogP contribution in [-0.2, 0) is 0 Å². The minimum Gasteiger partial charge on any atom is -0.396 e. The van der Waals surface area contributed by atoms with Gasteiger partial charge in [-0.2, -0.15) is 0 Å². The number of carbonyl (C=O) groups excluding carboxylic acids is 1. The Morgan fingerprint density at radius 2 is 2.25 bits per heavy atom. The van der Waals surface area contributed by atoms with Gasteiger partial charge in [-0.25, -0.2) is 0 Å². The van der Waals surface area contributed by atoms with Gasteiger partial charge in [0.1, 0.15) is 0 Å². The summed E-state index contributed by atoms with van der Waals surface area (Å²) in [4.78, 5) is 15.1. The van der Waals surface area contributed by atoms with E-state index >= 15 is 0 Å². The number of carbonyl (C=O) groups is 1. The molecule has 4 N–H and O–H groups in total. The minimum atomic E-state index is -0.636. The molecular formula is C14H17BrN2O3. The Labute approximate surface area is 125 Å². The number of amides is 1. The molecule has 0 radical (unpaired) electrons. The lowest BCUT2D eigenvalue weighted by Crippen LogP contribution is -2.32. The lowest BCUT2D eigenvalue weighted by atomic mass is 10.1. The Kier molecular flexibility index (Phi) is 5.17. The van der Waals surface area contributed by atoms with E-state index in [9.17, 15) is 9.90 Å². The van der Waals surface area contributed by atoms with Crippen molar-refractivity contribution in [2.75, 3.05) is 13.2 Å². The largest absolute Gasteiger partial charge is 0.396 e. The number of aliphatic hydroxyl groups is 2. The molecule has 0 aliphatic carbocycles. The van der Waals surface area contributed by atoms with E-state index in [-0.39, 0.29) is 19.1 Å². The molecule has 0 spiro atoms. The van der Waals surface area contributed by atoms with E-state index in [1.165, 1.54) is 0 Å². The van der Waals surface area contributed by atoms with Crippen LogP contribution in [0.2, 0.25) is 0 Å². The van der Waals surface area contributed by atoms with E-state index < -0.39 is 6.10 Å². The molecule has 5 nitrogen and oxygen atoms in total. The van der Waals surface area contributed by atoms with Gasteiger partial charge in [0.25, 0.3) is 5.91 Å². The molecule has 108 valence electrons. The molecule has 6 heteroatoms. The number of nitrogens with one attached hydrogen (secondary N) is 2. The third-order valence-corrected chi connectivity index (χ3v) is 3.58. The fourth-order valence-corrected chi connectivity index (χ4v) is 2.38. The molecule has 1 atom stereocenters. The predicted molar refractivity (Wildman–Crippen MR) is 80.7 cm³/mol. The molecule has 1 aromatic heterocycles.